The van der Waals surface area contributed by atoms with Gasteiger partial charge in [-0.15, -0.1) is 0 Å². The van der Waals surface area contributed by atoms with Crippen molar-refractivity contribution in [1.29, 1.82) is 0 Å². The van der Waals surface area contributed by atoms with Crippen LogP contribution >= 0.6 is 0 Å². The summed E-state index contributed by atoms with van der Waals surface area (Å²) in [5.41, 5.74) is 5.30. The Kier molecular flexibility index (Phi) is 3.13. The van der Waals surface area contributed by atoms with Crippen LogP contribution in [0.1, 0.15) is 46.0 Å². The highest BCUT2D eigenvalue weighted by Crippen LogP contribution is 2.29. The SMILES string of the molecule is CC(C)(O)C[C@H]1CC[C@H](N)CC1. The average Bonchev–Trinajstić information content (AvgIpc) is 1.91. The van der Waals surface area contributed by atoms with E-state index < -0.39 is 5.60 Å². The van der Waals surface area contributed by atoms with Gasteiger partial charge in [0.1, 0.15) is 0 Å². The summed E-state index contributed by atoms with van der Waals surface area (Å²) in [7, 11) is 0. The van der Waals surface area contributed by atoms with Crippen molar-refractivity contribution in [2.75, 3.05) is 0 Å². The molecule has 0 atom stereocenters. The second-order valence-corrected chi connectivity index (χ2v) is 4.80. The third-order valence-corrected chi connectivity index (χ3v) is 2.68. The molecule has 2 nitrogen and oxygen atoms in total. The third kappa shape index (κ3) is 3.55. The maximum atomic E-state index is 9.60. The topological polar surface area (TPSA) is 46.2 Å². The molecule has 3 N–H and O–H groups in total. The summed E-state index contributed by atoms with van der Waals surface area (Å²) >= 11 is 0. The van der Waals surface area contributed by atoms with Crippen LogP contribution in [0.15, 0.2) is 0 Å². The molecule has 0 aliphatic heterocycles. The molecule has 0 aromatic carbocycles. The highest BCUT2D eigenvalue weighted by molar-refractivity contribution is 4.79. The highest BCUT2D eigenvalue weighted by atomic mass is 16.3. The van der Waals surface area contributed by atoms with Crippen molar-refractivity contribution in [1.82, 2.24) is 0 Å². The van der Waals surface area contributed by atoms with Crippen molar-refractivity contribution in [3.63, 3.8) is 0 Å². The molecule has 0 radical (unpaired) electrons. The molecule has 0 saturated heterocycles. The summed E-state index contributed by atoms with van der Waals surface area (Å²) in [6.07, 6.45) is 5.61. The van der Waals surface area contributed by atoms with E-state index in [-0.39, 0.29) is 0 Å². The summed E-state index contributed by atoms with van der Waals surface area (Å²) < 4.78 is 0. The maximum Gasteiger partial charge on any atom is 0.0594 e. The first kappa shape index (κ1) is 10.0. The number of rotatable bonds is 2. The summed E-state index contributed by atoms with van der Waals surface area (Å²) in [4.78, 5) is 0. The number of nitrogens with two attached hydrogens (primary N) is 1. The Morgan fingerprint density at radius 1 is 1.25 bits per heavy atom. The summed E-state index contributed by atoms with van der Waals surface area (Å²) in [6.45, 7) is 3.78. The first-order valence-corrected chi connectivity index (χ1v) is 4.95. The summed E-state index contributed by atoms with van der Waals surface area (Å²) in [5, 5.41) is 9.60. The Bertz CT molecular complexity index is 131. The minimum atomic E-state index is -0.494. The van der Waals surface area contributed by atoms with Crippen LogP contribution in [0.3, 0.4) is 0 Å². The van der Waals surface area contributed by atoms with Gasteiger partial charge in [0.15, 0.2) is 0 Å². The molecule has 0 amide bonds. The fourth-order valence-corrected chi connectivity index (χ4v) is 2.10. The van der Waals surface area contributed by atoms with Gasteiger partial charge in [-0.2, -0.15) is 0 Å². The summed E-state index contributed by atoms with van der Waals surface area (Å²) in [6, 6.07) is 0.419. The van der Waals surface area contributed by atoms with Gasteiger partial charge in [-0.1, -0.05) is 0 Å². The molecule has 1 saturated carbocycles. The van der Waals surface area contributed by atoms with E-state index >= 15 is 0 Å². The largest absolute Gasteiger partial charge is 0.390 e. The smallest absolute Gasteiger partial charge is 0.0594 e. The standard InChI is InChI=1S/C10H21NO/c1-10(2,12)7-8-3-5-9(11)6-4-8/h8-9,12H,3-7,11H2,1-2H3/t8-,9-. The van der Waals surface area contributed by atoms with E-state index in [1.54, 1.807) is 0 Å². The molecule has 0 unspecified atom stereocenters. The average molecular weight is 171 g/mol. The van der Waals surface area contributed by atoms with Crippen molar-refractivity contribution >= 4 is 0 Å². The number of aliphatic hydroxyl groups is 1. The summed E-state index contributed by atoms with van der Waals surface area (Å²) in [5.74, 6) is 0.699. The normalized spacial score (nSPS) is 32.0. The van der Waals surface area contributed by atoms with E-state index in [4.69, 9.17) is 5.73 Å². The molecule has 0 aromatic heterocycles. The Hall–Kier alpha value is -0.0800. The third-order valence-electron chi connectivity index (χ3n) is 2.68. The van der Waals surface area contributed by atoms with E-state index in [1.807, 2.05) is 13.8 Å². The van der Waals surface area contributed by atoms with Gasteiger partial charge in [0.25, 0.3) is 0 Å². The molecule has 1 aliphatic rings. The van der Waals surface area contributed by atoms with Gasteiger partial charge in [0.05, 0.1) is 5.60 Å². The predicted octanol–water partition coefficient (Wildman–Crippen LogP) is 1.66. The zero-order valence-corrected chi connectivity index (χ0v) is 8.21. The fourth-order valence-electron chi connectivity index (χ4n) is 2.10. The molecule has 12 heavy (non-hydrogen) atoms. The van der Waals surface area contributed by atoms with Gasteiger partial charge in [0.2, 0.25) is 0 Å². The molecular weight excluding hydrogens is 150 g/mol. The second kappa shape index (κ2) is 3.75. The molecular formula is C10H21NO. The van der Waals surface area contributed by atoms with Crippen LogP contribution in [-0.2, 0) is 0 Å². The molecule has 2 heteroatoms. The predicted molar refractivity (Wildman–Crippen MR) is 50.8 cm³/mol. The van der Waals surface area contributed by atoms with Crippen LogP contribution < -0.4 is 5.73 Å². The lowest BCUT2D eigenvalue weighted by molar-refractivity contribution is 0.0447. The van der Waals surface area contributed by atoms with Gasteiger partial charge >= 0.3 is 0 Å². The lowest BCUT2D eigenvalue weighted by Crippen LogP contribution is -2.30. The van der Waals surface area contributed by atoms with Gasteiger partial charge in [0, 0.05) is 6.04 Å². The van der Waals surface area contributed by atoms with Crippen LogP contribution in [0, 0.1) is 5.92 Å². The first-order chi connectivity index (χ1) is 5.47. The second-order valence-electron chi connectivity index (χ2n) is 4.80. The Morgan fingerprint density at radius 2 is 1.75 bits per heavy atom. The minimum absolute atomic E-state index is 0.419. The van der Waals surface area contributed by atoms with Gasteiger partial charge in [-0.3, -0.25) is 0 Å². The Balaban J connectivity index is 2.26. The lowest BCUT2D eigenvalue weighted by Gasteiger charge is -2.30. The molecule has 1 rings (SSSR count). The zero-order chi connectivity index (χ0) is 9.19. The van der Waals surface area contributed by atoms with Crippen LogP contribution in [0.2, 0.25) is 0 Å². The lowest BCUT2D eigenvalue weighted by atomic mass is 9.80. The molecule has 1 aliphatic carbocycles. The van der Waals surface area contributed by atoms with Crippen molar-refractivity contribution in [3.8, 4) is 0 Å². The van der Waals surface area contributed by atoms with E-state index in [9.17, 15) is 5.11 Å². The molecule has 0 aromatic rings. The maximum absolute atomic E-state index is 9.60. The van der Waals surface area contributed by atoms with E-state index in [0.29, 0.717) is 12.0 Å². The zero-order valence-electron chi connectivity index (χ0n) is 8.21. The molecule has 0 bridgehead atoms. The van der Waals surface area contributed by atoms with Crippen LogP contribution in [0.4, 0.5) is 0 Å². The van der Waals surface area contributed by atoms with E-state index in [1.165, 1.54) is 12.8 Å². The van der Waals surface area contributed by atoms with Gasteiger partial charge < -0.3 is 10.8 Å². The Labute approximate surface area is 75.2 Å². The first-order valence-electron chi connectivity index (χ1n) is 4.95. The molecule has 1 fully saturated rings. The van der Waals surface area contributed by atoms with E-state index in [0.717, 1.165) is 19.3 Å². The monoisotopic (exact) mass is 171 g/mol. The minimum Gasteiger partial charge on any atom is -0.390 e. The molecule has 0 heterocycles. The van der Waals surface area contributed by atoms with Crippen LogP contribution in [0.25, 0.3) is 0 Å². The number of hydrogen-bond donors (Lipinski definition) is 2. The van der Waals surface area contributed by atoms with Crippen molar-refractivity contribution < 1.29 is 5.11 Å². The van der Waals surface area contributed by atoms with E-state index in [2.05, 4.69) is 0 Å². The number of hydrogen-bond acceptors (Lipinski definition) is 2. The fraction of sp³-hybridized carbons (Fsp3) is 1.00. The molecule has 72 valence electrons. The van der Waals surface area contributed by atoms with Crippen LogP contribution in [-0.4, -0.2) is 16.7 Å². The van der Waals surface area contributed by atoms with Gasteiger partial charge in [-0.25, -0.2) is 0 Å². The van der Waals surface area contributed by atoms with Crippen molar-refractivity contribution in [2.24, 2.45) is 11.7 Å². The molecule has 0 spiro atoms. The van der Waals surface area contributed by atoms with Gasteiger partial charge in [-0.05, 0) is 51.9 Å². The highest BCUT2D eigenvalue weighted by Gasteiger charge is 2.24. The van der Waals surface area contributed by atoms with Crippen LogP contribution in [0.5, 0.6) is 0 Å². The van der Waals surface area contributed by atoms with Crippen molar-refractivity contribution in [3.05, 3.63) is 0 Å². The van der Waals surface area contributed by atoms with Crippen molar-refractivity contribution in [2.45, 2.75) is 57.6 Å². The Morgan fingerprint density at radius 3 is 2.17 bits per heavy atom. The quantitative estimate of drug-likeness (QED) is 0.664.